The Bertz CT molecular complexity index is 1140. The first-order chi connectivity index (χ1) is 14.9. The second-order valence-corrected chi connectivity index (χ2v) is 9.18. The summed E-state index contributed by atoms with van der Waals surface area (Å²) < 4.78 is 33.1. The van der Waals surface area contributed by atoms with Crippen molar-refractivity contribution < 1.29 is 22.9 Å². The van der Waals surface area contributed by atoms with E-state index in [0.717, 1.165) is 17.5 Å². The van der Waals surface area contributed by atoms with Crippen LogP contribution in [0.4, 0.5) is 10.5 Å². The fraction of sp³-hybridized carbons (Fsp3) is 0.286. The van der Waals surface area contributed by atoms with E-state index >= 15 is 0 Å². The maximum Gasteiger partial charge on any atom is 0.415 e. The van der Waals surface area contributed by atoms with Gasteiger partial charge in [0.2, 0.25) is 10.0 Å². The molecule has 0 aromatic heterocycles. The molecule has 1 aliphatic carbocycles. The number of non-ortho nitro benzene ring substituents is 1. The molecule has 9 nitrogen and oxygen atoms in total. The van der Waals surface area contributed by atoms with E-state index in [1.54, 1.807) is 6.08 Å². The number of ether oxygens (including phenoxy) is 1. The third kappa shape index (κ3) is 4.30. The molecule has 1 aliphatic heterocycles. The molecule has 10 heteroatoms. The number of nitro benzene ring substituents is 1. The van der Waals surface area contributed by atoms with Crippen molar-refractivity contribution in [3.05, 3.63) is 75.8 Å². The van der Waals surface area contributed by atoms with Crippen molar-refractivity contribution in [1.29, 1.82) is 0 Å². The molecule has 4 rings (SSSR count). The lowest BCUT2D eigenvalue weighted by Gasteiger charge is -2.34. The average molecular weight is 443 g/mol. The highest BCUT2D eigenvalue weighted by Crippen LogP contribution is 2.32. The van der Waals surface area contributed by atoms with Gasteiger partial charge >= 0.3 is 6.09 Å². The van der Waals surface area contributed by atoms with Crippen LogP contribution in [0.15, 0.2) is 54.6 Å². The number of amides is 1. The van der Waals surface area contributed by atoms with Gasteiger partial charge in [-0.15, -0.1) is 0 Å². The number of carbonyl (C=O) groups excluding carboxylic acids is 1. The summed E-state index contributed by atoms with van der Waals surface area (Å²) in [5.41, 5.74) is 1.67. The summed E-state index contributed by atoms with van der Waals surface area (Å²) in [6, 6.07) is 12.7. The molecule has 1 heterocycles. The lowest BCUT2D eigenvalue weighted by Crippen LogP contribution is -2.51. The van der Waals surface area contributed by atoms with Crippen LogP contribution in [0.3, 0.4) is 0 Å². The zero-order chi connectivity index (χ0) is 22.0. The predicted octanol–water partition coefficient (Wildman–Crippen LogP) is 3.03. The van der Waals surface area contributed by atoms with E-state index in [1.807, 2.05) is 24.3 Å². The second kappa shape index (κ2) is 8.48. The number of nitrogens with zero attached hydrogens (tertiary/aromatic N) is 3. The number of benzene rings is 2. The summed E-state index contributed by atoms with van der Waals surface area (Å²) in [7, 11) is -3.67. The number of piperazine rings is 1. The third-order valence-corrected chi connectivity index (χ3v) is 7.38. The molecule has 1 saturated heterocycles. The summed E-state index contributed by atoms with van der Waals surface area (Å²) in [5.74, 6) is 0.189. The van der Waals surface area contributed by atoms with E-state index in [2.05, 4.69) is 0 Å². The van der Waals surface area contributed by atoms with E-state index in [4.69, 9.17) is 4.74 Å². The number of sulfonamides is 1. The van der Waals surface area contributed by atoms with Crippen molar-refractivity contribution in [2.75, 3.05) is 26.2 Å². The monoisotopic (exact) mass is 443 g/mol. The number of allylic oxidation sites excluding steroid dienone is 1. The quantitative estimate of drug-likeness (QED) is 0.531. The van der Waals surface area contributed by atoms with Gasteiger partial charge in [-0.3, -0.25) is 10.1 Å². The lowest BCUT2D eigenvalue weighted by atomic mass is 9.97. The van der Waals surface area contributed by atoms with Crippen LogP contribution in [0.1, 0.15) is 17.5 Å². The van der Waals surface area contributed by atoms with Crippen molar-refractivity contribution >= 4 is 26.7 Å². The number of carbonyl (C=O) groups is 1. The number of fused-ring (bicyclic) bond motifs is 1. The predicted molar refractivity (Wildman–Crippen MR) is 114 cm³/mol. The highest BCUT2D eigenvalue weighted by molar-refractivity contribution is 7.98. The van der Waals surface area contributed by atoms with Crippen LogP contribution in [0.2, 0.25) is 0 Å². The Morgan fingerprint density at radius 3 is 2.35 bits per heavy atom. The van der Waals surface area contributed by atoms with Crippen LogP contribution in [-0.4, -0.2) is 54.8 Å². The number of hydrogen-bond acceptors (Lipinski definition) is 6. The molecule has 2 aliphatic rings. The van der Waals surface area contributed by atoms with Gasteiger partial charge in [-0.1, -0.05) is 30.3 Å². The topological polar surface area (TPSA) is 110 Å². The summed E-state index contributed by atoms with van der Waals surface area (Å²) in [6.45, 7) is 0.717. The number of hydrogen-bond donors (Lipinski definition) is 0. The highest BCUT2D eigenvalue weighted by atomic mass is 32.2. The second-order valence-electron chi connectivity index (χ2n) is 7.27. The minimum atomic E-state index is -3.67. The molecule has 0 saturated carbocycles. The molecular formula is C21H21N3O6S. The van der Waals surface area contributed by atoms with E-state index < -0.39 is 21.0 Å². The van der Waals surface area contributed by atoms with Gasteiger partial charge in [-0.25, -0.2) is 13.2 Å². The molecule has 2 aromatic rings. The zero-order valence-corrected chi connectivity index (χ0v) is 17.5. The molecule has 0 atom stereocenters. The molecule has 0 bridgehead atoms. The molecular weight excluding hydrogens is 422 g/mol. The Labute approximate surface area is 179 Å². The Morgan fingerprint density at radius 1 is 1.00 bits per heavy atom. The van der Waals surface area contributed by atoms with Crippen molar-refractivity contribution in [2.24, 2.45) is 0 Å². The van der Waals surface area contributed by atoms with E-state index in [0.29, 0.717) is 11.3 Å². The lowest BCUT2D eigenvalue weighted by molar-refractivity contribution is -0.384. The molecule has 0 unspecified atom stereocenters. The minimum absolute atomic E-state index is 0.0998. The van der Waals surface area contributed by atoms with E-state index in [9.17, 15) is 23.3 Å². The molecule has 1 fully saturated rings. The summed E-state index contributed by atoms with van der Waals surface area (Å²) in [5, 5.41) is 10.7. The first-order valence-electron chi connectivity index (χ1n) is 9.86. The maximum absolute atomic E-state index is 13.2. The number of nitro groups is 1. The number of aryl methyl sites for hydroxylation is 1. The largest absolute Gasteiger partial charge is 0.415 e. The van der Waals surface area contributed by atoms with Crippen LogP contribution < -0.4 is 4.74 Å². The van der Waals surface area contributed by atoms with E-state index in [-0.39, 0.29) is 37.6 Å². The van der Waals surface area contributed by atoms with Crippen LogP contribution in [0, 0.1) is 10.1 Å². The Hall–Kier alpha value is -3.24. The molecule has 2 aromatic carbocycles. The van der Waals surface area contributed by atoms with Gasteiger partial charge in [-0.2, -0.15) is 4.31 Å². The van der Waals surface area contributed by atoms with Gasteiger partial charge in [0.05, 0.1) is 9.83 Å². The summed E-state index contributed by atoms with van der Waals surface area (Å²) in [4.78, 5) is 24.3. The van der Waals surface area contributed by atoms with Crippen LogP contribution in [0.25, 0.3) is 4.91 Å². The third-order valence-electron chi connectivity index (χ3n) is 5.39. The van der Waals surface area contributed by atoms with Crippen molar-refractivity contribution in [2.45, 2.75) is 12.8 Å². The highest BCUT2D eigenvalue weighted by Gasteiger charge is 2.34. The molecule has 31 heavy (non-hydrogen) atoms. The average Bonchev–Trinajstić information content (AvgIpc) is 2.79. The Morgan fingerprint density at radius 2 is 1.68 bits per heavy atom. The smallest absolute Gasteiger partial charge is 0.410 e. The molecule has 0 spiro atoms. The summed E-state index contributed by atoms with van der Waals surface area (Å²) >= 11 is 0. The van der Waals surface area contributed by atoms with Gasteiger partial charge in [0, 0.05) is 38.3 Å². The minimum Gasteiger partial charge on any atom is -0.410 e. The maximum atomic E-state index is 13.2. The normalized spacial score (nSPS) is 16.9. The first-order valence-corrected chi connectivity index (χ1v) is 11.3. The van der Waals surface area contributed by atoms with Gasteiger partial charge < -0.3 is 9.64 Å². The molecule has 162 valence electrons. The zero-order valence-electron chi connectivity index (χ0n) is 16.6. The van der Waals surface area contributed by atoms with Crippen molar-refractivity contribution in [3.8, 4) is 5.75 Å². The standard InChI is InChI=1S/C21H21N3O6S/c25-21(30-18-10-8-17(9-11-18)24(26)27)22-12-14-23(15-13-22)31(28,29)20-7-3-5-16-4-1-2-6-19(16)20/h1-2,4,6-11H,3,5,12-15H2. The molecule has 1 amide bonds. The van der Waals surface area contributed by atoms with Crippen LogP contribution in [-0.2, 0) is 16.4 Å². The van der Waals surface area contributed by atoms with Gasteiger partial charge in [-0.05, 0) is 36.1 Å². The Balaban J connectivity index is 1.39. The van der Waals surface area contributed by atoms with Crippen LogP contribution >= 0.6 is 0 Å². The van der Waals surface area contributed by atoms with Gasteiger partial charge in [0.25, 0.3) is 5.69 Å². The molecule has 0 N–H and O–H groups in total. The summed E-state index contributed by atoms with van der Waals surface area (Å²) in [6.07, 6.45) is 2.64. The van der Waals surface area contributed by atoms with E-state index in [1.165, 1.54) is 33.5 Å². The SMILES string of the molecule is O=C(Oc1ccc([N+](=O)[O-])cc1)N1CCN(S(=O)(=O)C2=CCCc3ccccc32)CC1. The Kier molecular flexibility index (Phi) is 5.75. The van der Waals surface area contributed by atoms with Crippen molar-refractivity contribution in [1.82, 2.24) is 9.21 Å². The fourth-order valence-corrected chi connectivity index (χ4v) is 5.47. The van der Waals surface area contributed by atoms with Crippen molar-refractivity contribution in [3.63, 3.8) is 0 Å². The van der Waals surface area contributed by atoms with Gasteiger partial charge in [0.1, 0.15) is 5.75 Å². The fourth-order valence-electron chi connectivity index (χ4n) is 3.74. The van der Waals surface area contributed by atoms with Crippen LogP contribution in [0.5, 0.6) is 5.75 Å². The number of rotatable bonds is 4. The first kappa shape index (κ1) is 21.0. The molecule has 0 radical (unpaired) electrons. The van der Waals surface area contributed by atoms with Gasteiger partial charge in [0.15, 0.2) is 0 Å².